The molecule has 88 valence electrons. The number of aliphatic hydroxyl groups excluding tert-OH is 2. The second kappa shape index (κ2) is 4.89. The second-order valence-electron chi connectivity index (χ2n) is 3.65. The van der Waals surface area contributed by atoms with E-state index in [4.69, 9.17) is 9.47 Å². The number of hydrogen-bond donors (Lipinski definition) is 3. The van der Waals surface area contributed by atoms with E-state index >= 15 is 0 Å². The van der Waals surface area contributed by atoms with Gasteiger partial charge in [-0.25, -0.2) is 0 Å². The van der Waals surface area contributed by atoms with Gasteiger partial charge in [0.15, 0.2) is 6.29 Å². The van der Waals surface area contributed by atoms with E-state index in [1.807, 2.05) is 0 Å². The Morgan fingerprint density at radius 3 is 2.47 bits per heavy atom. The van der Waals surface area contributed by atoms with Gasteiger partial charge in [-0.3, -0.25) is 4.79 Å². The maximum Gasteiger partial charge on any atom is 0.217 e. The topological polar surface area (TPSA) is 88.0 Å². The SMILES string of the molecule is CO[C@H]1O[C@H](C)[C@H](O)[C@H](NC(C)=O)[C@H]1O. The molecule has 0 aromatic rings. The van der Waals surface area contributed by atoms with Crippen LogP contribution >= 0.6 is 0 Å². The van der Waals surface area contributed by atoms with E-state index in [2.05, 4.69) is 5.32 Å². The first-order chi connectivity index (χ1) is 6.97. The fourth-order valence-corrected chi connectivity index (χ4v) is 1.64. The van der Waals surface area contributed by atoms with Gasteiger partial charge in [-0.05, 0) is 6.92 Å². The van der Waals surface area contributed by atoms with Gasteiger partial charge in [0.05, 0.1) is 12.1 Å². The highest BCUT2D eigenvalue weighted by atomic mass is 16.7. The molecule has 1 fully saturated rings. The average molecular weight is 219 g/mol. The Hall–Kier alpha value is -0.690. The van der Waals surface area contributed by atoms with Crippen molar-refractivity contribution >= 4 is 5.91 Å². The second-order valence-corrected chi connectivity index (χ2v) is 3.65. The molecule has 3 N–H and O–H groups in total. The van der Waals surface area contributed by atoms with Gasteiger partial charge in [0.2, 0.25) is 5.91 Å². The zero-order valence-corrected chi connectivity index (χ0v) is 9.01. The van der Waals surface area contributed by atoms with Crippen LogP contribution in [0.3, 0.4) is 0 Å². The highest BCUT2D eigenvalue weighted by Crippen LogP contribution is 2.21. The van der Waals surface area contributed by atoms with Crippen molar-refractivity contribution < 1.29 is 24.5 Å². The van der Waals surface area contributed by atoms with E-state index in [0.717, 1.165) is 0 Å². The van der Waals surface area contributed by atoms with Crippen molar-refractivity contribution in [2.75, 3.05) is 7.11 Å². The molecule has 6 heteroatoms. The van der Waals surface area contributed by atoms with E-state index in [1.165, 1.54) is 14.0 Å². The molecule has 0 bridgehead atoms. The molecule has 1 aliphatic rings. The fourth-order valence-electron chi connectivity index (χ4n) is 1.64. The van der Waals surface area contributed by atoms with E-state index < -0.39 is 30.6 Å². The molecule has 0 aromatic carbocycles. The molecule has 0 radical (unpaired) electrons. The molecule has 6 nitrogen and oxygen atoms in total. The van der Waals surface area contributed by atoms with Crippen LogP contribution in [-0.2, 0) is 14.3 Å². The summed E-state index contributed by atoms with van der Waals surface area (Å²) in [5, 5.41) is 21.9. The lowest BCUT2D eigenvalue weighted by Crippen LogP contribution is -2.63. The Labute approximate surface area is 88.2 Å². The summed E-state index contributed by atoms with van der Waals surface area (Å²) in [7, 11) is 1.39. The van der Waals surface area contributed by atoms with Crippen LogP contribution in [0.5, 0.6) is 0 Å². The van der Waals surface area contributed by atoms with Crippen molar-refractivity contribution in [2.24, 2.45) is 0 Å². The molecular formula is C9H17NO5. The maximum absolute atomic E-state index is 10.9. The Morgan fingerprint density at radius 1 is 1.40 bits per heavy atom. The first-order valence-corrected chi connectivity index (χ1v) is 4.79. The number of methoxy groups -OCH3 is 1. The standard InChI is InChI=1S/C9H17NO5/c1-4-7(12)6(10-5(2)11)8(13)9(14-3)15-4/h4,6-9,12-13H,1-3H3,(H,10,11)/t4-,6+,7+,8-,9+/m1/s1. The van der Waals surface area contributed by atoms with E-state index in [9.17, 15) is 15.0 Å². The molecular weight excluding hydrogens is 202 g/mol. The molecule has 15 heavy (non-hydrogen) atoms. The molecule has 0 unspecified atom stereocenters. The Bertz CT molecular complexity index is 235. The molecule has 0 aromatic heterocycles. The van der Waals surface area contributed by atoms with Gasteiger partial charge in [-0.2, -0.15) is 0 Å². The number of aliphatic hydroxyl groups is 2. The number of carbonyl (C=O) groups is 1. The van der Waals surface area contributed by atoms with Crippen LogP contribution in [0.4, 0.5) is 0 Å². The van der Waals surface area contributed by atoms with Crippen LogP contribution in [0.1, 0.15) is 13.8 Å². The van der Waals surface area contributed by atoms with Crippen molar-refractivity contribution in [2.45, 2.75) is 44.5 Å². The van der Waals surface area contributed by atoms with Gasteiger partial charge in [0.25, 0.3) is 0 Å². The van der Waals surface area contributed by atoms with Gasteiger partial charge < -0.3 is 25.0 Å². The molecule has 5 atom stereocenters. The van der Waals surface area contributed by atoms with Crippen LogP contribution in [-0.4, -0.2) is 53.9 Å². The summed E-state index contributed by atoms with van der Waals surface area (Å²) in [5.74, 6) is -0.318. The lowest BCUT2D eigenvalue weighted by molar-refractivity contribution is -0.261. The molecule has 1 amide bonds. The predicted octanol–water partition coefficient (Wildman–Crippen LogP) is -1.40. The third kappa shape index (κ3) is 2.66. The van der Waals surface area contributed by atoms with Crippen molar-refractivity contribution in [3.63, 3.8) is 0 Å². The van der Waals surface area contributed by atoms with Gasteiger partial charge in [-0.1, -0.05) is 0 Å². The van der Waals surface area contributed by atoms with Crippen molar-refractivity contribution in [1.82, 2.24) is 5.32 Å². The maximum atomic E-state index is 10.9. The van der Waals surface area contributed by atoms with Crippen LogP contribution in [0.2, 0.25) is 0 Å². The van der Waals surface area contributed by atoms with Crippen LogP contribution < -0.4 is 5.32 Å². The van der Waals surface area contributed by atoms with Gasteiger partial charge in [0, 0.05) is 14.0 Å². The number of amides is 1. The zero-order valence-electron chi connectivity index (χ0n) is 9.01. The molecule has 1 rings (SSSR count). The Morgan fingerprint density at radius 2 is 2.00 bits per heavy atom. The summed E-state index contributed by atoms with van der Waals surface area (Å²) >= 11 is 0. The lowest BCUT2D eigenvalue weighted by Gasteiger charge is -2.41. The van der Waals surface area contributed by atoms with E-state index in [-0.39, 0.29) is 5.91 Å². The average Bonchev–Trinajstić information content (AvgIpc) is 2.18. The number of rotatable bonds is 2. The van der Waals surface area contributed by atoms with Crippen molar-refractivity contribution in [1.29, 1.82) is 0 Å². The van der Waals surface area contributed by atoms with Gasteiger partial charge in [0.1, 0.15) is 12.2 Å². The summed E-state index contributed by atoms with van der Waals surface area (Å²) in [4.78, 5) is 10.9. The quantitative estimate of drug-likeness (QED) is 0.532. The third-order valence-corrected chi connectivity index (χ3v) is 2.45. The van der Waals surface area contributed by atoms with Crippen molar-refractivity contribution in [3.05, 3.63) is 0 Å². The van der Waals surface area contributed by atoms with Gasteiger partial charge >= 0.3 is 0 Å². The van der Waals surface area contributed by atoms with E-state index in [1.54, 1.807) is 6.92 Å². The molecule has 0 spiro atoms. The highest BCUT2D eigenvalue weighted by Gasteiger charge is 2.43. The third-order valence-electron chi connectivity index (χ3n) is 2.45. The summed E-state index contributed by atoms with van der Waals surface area (Å²) < 4.78 is 10.1. The number of carbonyl (C=O) groups excluding carboxylic acids is 1. The first kappa shape index (κ1) is 12.4. The fraction of sp³-hybridized carbons (Fsp3) is 0.889. The van der Waals surface area contributed by atoms with Crippen LogP contribution in [0.25, 0.3) is 0 Å². The molecule has 1 saturated heterocycles. The van der Waals surface area contributed by atoms with E-state index in [0.29, 0.717) is 0 Å². The lowest BCUT2D eigenvalue weighted by atomic mass is 9.97. The smallest absolute Gasteiger partial charge is 0.217 e. The predicted molar refractivity (Wildman–Crippen MR) is 51.0 cm³/mol. The zero-order chi connectivity index (χ0) is 11.6. The van der Waals surface area contributed by atoms with Gasteiger partial charge in [-0.15, -0.1) is 0 Å². The molecule has 1 heterocycles. The summed E-state index contributed by atoms with van der Waals surface area (Å²) in [6.07, 6.45) is -3.36. The largest absolute Gasteiger partial charge is 0.388 e. The minimum atomic E-state index is -1.08. The Balaban J connectivity index is 2.74. The summed E-state index contributed by atoms with van der Waals surface area (Å²) in [6.45, 7) is 2.97. The Kier molecular flexibility index (Phi) is 4.04. The normalized spacial score (nSPS) is 41.3. The van der Waals surface area contributed by atoms with Crippen LogP contribution in [0.15, 0.2) is 0 Å². The molecule has 0 aliphatic carbocycles. The molecule has 1 aliphatic heterocycles. The van der Waals surface area contributed by atoms with Crippen molar-refractivity contribution in [3.8, 4) is 0 Å². The number of ether oxygens (including phenoxy) is 2. The minimum Gasteiger partial charge on any atom is -0.388 e. The van der Waals surface area contributed by atoms with Crippen LogP contribution in [0, 0.1) is 0 Å². The molecule has 0 saturated carbocycles. The first-order valence-electron chi connectivity index (χ1n) is 4.79. The minimum absolute atomic E-state index is 0.318. The number of hydrogen-bond acceptors (Lipinski definition) is 5. The number of nitrogens with one attached hydrogen (secondary N) is 1. The summed E-state index contributed by atoms with van der Waals surface area (Å²) in [6, 6.07) is -0.767. The highest BCUT2D eigenvalue weighted by molar-refractivity contribution is 5.73. The summed E-state index contributed by atoms with van der Waals surface area (Å²) in [5.41, 5.74) is 0. The monoisotopic (exact) mass is 219 g/mol.